The van der Waals surface area contributed by atoms with Crippen LogP contribution < -0.4 is 10.1 Å². The van der Waals surface area contributed by atoms with Crippen LogP contribution in [0.3, 0.4) is 0 Å². The van der Waals surface area contributed by atoms with Crippen LogP contribution in [-0.2, 0) is 11.3 Å². The predicted molar refractivity (Wildman–Crippen MR) is 124 cm³/mol. The highest BCUT2D eigenvalue weighted by Gasteiger charge is 2.18. The topological polar surface area (TPSA) is 69.5 Å². The van der Waals surface area contributed by atoms with Crippen LogP contribution in [0.4, 0.5) is 5.69 Å². The molecule has 2 aliphatic rings. The number of carbonyl (C=O) groups is 1. The molecule has 0 bridgehead atoms. The van der Waals surface area contributed by atoms with E-state index in [1.54, 1.807) is 14.0 Å². The van der Waals surface area contributed by atoms with Crippen molar-refractivity contribution in [2.75, 3.05) is 45.2 Å². The van der Waals surface area contributed by atoms with Crippen molar-refractivity contribution in [3.63, 3.8) is 0 Å². The van der Waals surface area contributed by atoms with Gasteiger partial charge in [-0.15, -0.1) is 0 Å². The monoisotopic (exact) mass is 419 g/mol. The van der Waals surface area contributed by atoms with Crippen molar-refractivity contribution < 1.29 is 9.53 Å². The first-order valence-corrected chi connectivity index (χ1v) is 10.7. The largest absolute Gasteiger partial charge is 0.497 e. The van der Waals surface area contributed by atoms with Crippen LogP contribution in [0.15, 0.2) is 58.5 Å². The standard InChI is InChI=1S/C24H29N5O2/c1-18(30)29-13-11-28(12-14-29)17-19-3-7-22(8-4-19)27-24-25-15-21(16-26-24)20-5-9-23(31-2)10-6-20/h3-10,15,21H,11-14,16-17H2,1-2H3,(H,26,27). The number of nitrogens with zero attached hydrogens (tertiary/aromatic N) is 4. The smallest absolute Gasteiger partial charge is 0.222 e. The number of carbonyl (C=O) groups excluding carboxylic acids is 1. The van der Waals surface area contributed by atoms with Crippen molar-refractivity contribution in [3.05, 3.63) is 59.7 Å². The van der Waals surface area contributed by atoms with E-state index in [2.05, 4.69) is 56.6 Å². The van der Waals surface area contributed by atoms with Gasteiger partial charge in [0.1, 0.15) is 5.75 Å². The van der Waals surface area contributed by atoms with Gasteiger partial charge >= 0.3 is 0 Å². The van der Waals surface area contributed by atoms with Crippen LogP contribution >= 0.6 is 0 Å². The first kappa shape index (κ1) is 21.1. The van der Waals surface area contributed by atoms with Gasteiger partial charge in [-0.05, 0) is 35.4 Å². The molecular weight excluding hydrogens is 390 g/mol. The summed E-state index contributed by atoms with van der Waals surface area (Å²) in [6.07, 6.45) is 1.95. The normalized spacial score (nSPS) is 19.1. The Morgan fingerprint density at radius 2 is 1.77 bits per heavy atom. The molecule has 0 aliphatic carbocycles. The molecule has 7 nitrogen and oxygen atoms in total. The molecule has 2 aromatic carbocycles. The average Bonchev–Trinajstić information content (AvgIpc) is 2.81. The van der Waals surface area contributed by atoms with Gasteiger partial charge in [0.2, 0.25) is 11.9 Å². The van der Waals surface area contributed by atoms with Crippen molar-refractivity contribution >= 4 is 23.8 Å². The van der Waals surface area contributed by atoms with E-state index in [4.69, 9.17) is 4.74 Å². The number of guanidine groups is 1. The number of ether oxygens (including phenoxy) is 1. The van der Waals surface area contributed by atoms with Crippen LogP contribution in [-0.4, -0.2) is 67.7 Å². The van der Waals surface area contributed by atoms with Gasteiger partial charge < -0.3 is 15.0 Å². The zero-order valence-corrected chi connectivity index (χ0v) is 18.1. The second kappa shape index (κ2) is 9.75. The van der Waals surface area contributed by atoms with E-state index in [-0.39, 0.29) is 11.8 Å². The molecular formula is C24H29N5O2. The maximum Gasteiger partial charge on any atom is 0.222 e. The van der Waals surface area contributed by atoms with E-state index in [0.29, 0.717) is 12.5 Å². The van der Waals surface area contributed by atoms with Gasteiger partial charge in [0.15, 0.2) is 0 Å². The summed E-state index contributed by atoms with van der Waals surface area (Å²) in [6.45, 7) is 6.66. The van der Waals surface area contributed by atoms with E-state index < -0.39 is 0 Å². The molecule has 0 spiro atoms. The van der Waals surface area contributed by atoms with Crippen LogP contribution in [0.1, 0.15) is 24.0 Å². The van der Waals surface area contributed by atoms with E-state index in [9.17, 15) is 4.79 Å². The fourth-order valence-electron chi connectivity index (χ4n) is 3.85. The van der Waals surface area contributed by atoms with Crippen molar-refractivity contribution in [2.24, 2.45) is 9.98 Å². The Bertz CT molecular complexity index is 945. The van der Waals surface area contributed by atoms with Crippen molar-refractivity contribution in [1.82, 2.24) is 9.80 Å². The van der Waals surface area contributed by atoms with Crippen LogP contribution in [0, 0.1) is 0 Å². The fraction of sp³-hybridized carbons (Fsp3) is 0.375. The molecule has 1 amide bonds. The van der Waals surface area contributed by atoms with E-state index in [1.807, 2.05) is 23.2 Å². The zero-order valence-electron chi connectivity index (χ0n) is 18.1. The number of methoxy groups -OCH3 is 1. The summed E-state index contributed by atoms with van der Waals surface area (Å²) >= 11 is 0. The summed E-state index contributed by atoms with van der Waals surface area (Å²) in [5, 5.41) is 3.29. The Labute approximate surface area is 183 Å². The number of piperazine rings is 1. The molecule has 7 heteroatoms. The predicted octanol–water partition coefficient (Wildman–Crippen LogP) is 3.00. The third-order valence-electron chi connectivity index (χ3n) is 5.79. The van der Waals surface area contributed by atoms with Gasteiger partial charge in [-0.2, -0.15) is 0 Å². The average molecular weight is 420 g/mol. The van der Waals surface area contributed by atoms with E-state index in [0.717, 1.165) is 44.2 Å². The van der Waals surface area contributed by atoms with Crippen LogP contribution in [0.5, 0.6) is 5.75 Å². The molecule has 0 saturated carbocycles. The minimum absolute atomic E-state index is 0.165. The second-order valence-corrected chi connectivity index (χ2v) is 7.93. The Balaban J connectivity index is 1.27. The molecule has 2 heterocycles. The van der Waals surface area contributed by atoms with Crippen molar-refractivity contribution in [1.29, 1.82) is 0 Å². The summed E-state index contributed by atoms with van der Waals surface area (Å²) in [5.74, 6) is 1.84. The molecule has 4 rings (SSSR count). The molecule has 1 fully saturated rings. The first-order valence-electron chi connectivity index (χ1n) is 10.7. The summed E-state index contributed by atoms with van der Waals surface area (Å²) in [5.41, 5.74) is 3.42. The molecule has 0 aromatic heterocycles. The molecule has 31 heavy (non-hydrogen) atoms. The SMILES string of the molecule is COc1ccc(C2C=NC(Nc3ccc(CN4CCN(C(C)=O)CC4)cc3)=NC2)cc1. The van der Waals surface area contributed by atoms with Gasteiger partial charge in [0.05, 0.1) is 13.7 Å². The third-order valence-corrected chi connectivity index (χ3v) is 5.79. The molecule has 0 radical (unpaired) electrons. The lowest BCUT2D eigenvalue weighted by Crippen LogP contribution is -2.47. The van der Waals surface area contributed by atoms with Gasteiger partial charge in [0, 0.05) is 57.5 Å². The molecule has 1 atom stereocenters. The number of amides is 1. The quantitative estimate of drug-likeness (QED) is 0.809. The third kappa shape index (κ3) is 5.49. The molecule has 2 aromatic rings. The number of benzene rings is 2. The molecule has 1 N–H and O–H groups in total. The highest BCUT2D eigenvalue weighted by molar-refractivity contribution is 6.00. The Kier molecular flexibility index (Phi) is 6.62. The lowest BCUT2D eigenvalue weighted by Gasteiger charge is -2.34. The first-order chi connectivity index (χ1) is 15.1. The lowest BCUT2D eigenvalue weighted by molar-refractivity contribution is -0.130. The highest BCUT2D eigenvalue weighted by Crippen LogP contribution is 2.21. The van der Waals surface area contributed by atoms with Crippen molar-refractivity contribution in [2.45, 2.75) is 19.4 Å². The minimum Gasteiger partial charge on any atom is -0.497 e. The Hall–Kier alpha value is -3.19. The number of nitrogens with one attached hydrogen (secondary N) is 1. The number of aliphatic imine (C=N–C) groups is 2. The van der Waals surface area contributed by atoms with E-state index in [1.165, 1.54) is 11.1 Å². The molecule has 2 aliphatic heterocycles. The van der Waals surface area contributed by atoms with Crippen LogP contribution in [0.25, 0.3) is 0 Å². The van der Waals surface area contributed by atoms with Gasteiger partial charge in [-0.25, -0.2) is 4.99 Å². The minimum atomic E-state index is 0.165. The molecule has 1 saturated heterocycles. The lowest BCUT2D eigenvalue weighted by atomic mass is 10.00. The second-order valence-electron chi connectivity index (χ2n) is 7.93. The van der Waals surface area contributed by atoms with E-state index >= 15 is 0 Å². The summed E-state index contributed by atoms with van der Waals surface area (Å²) in [7, 11) is 1.67. The van der Waals surface area contributed by atoms with Gasteiger partial charge in [0.25, 0.3) is 0 Å². The van der Waals surface area contributed by atoms with Gasteiger partial charge in [-0.1, -0.05) is 24.3 Å². The number of hydrogen-bond acceptors (Lipinski definition) is 6. The maximum atomic E-state index is 11.5. The molecule has 162 valence electrons. The number of hydrogen-bond donors (Lipinski definition) is 1. The number of rotatable bonds is 5. The van der Waals surface area contributed by atoms with Crippen molar-refractivity contribution in [3.8, 4) is 5.75 Å². The fourth-order valence-corrected chi connectivity index (χ4v) is 3.85. The molecule has 1 unspecified atom stereocenters. The zero-order chi connectivity index (χ0) is 21.6. The maximum absolute atomic E-state index is 11.5. The number of anilines is 1. The highest BCUT2D eigenvalue weighted by atomic mass is 16.5. The van der Waals surface area contributed by atoms with Crippen LogP contribution in [0.2, 0.25) is 0 Å². The Morgan fingerprint density at radius 1 is 1.06 bits per heavy atom. The van der Waals surface area contributed by atoms with Gasteiger partial charge in [-0.3, -0.25) is 14.7 Å². The summed E-state index contributed by atoms with van der Waals surface area (Å²) < 4.78 is 5.22. The Morgan fingerprint density at radius 3 is 2.35 bits per heavy atom. The summed E-state index contributed by atoms with van der Waals surface area (Å²) in [4.78, 5) is 24.9. The summed E-state index contributed by atoms with van der Waals surface area (Å²) in [6, 6.07) is 16.4.